The Morgan fingerprint density at radius 3 is 2.53 bits per heavy atom. The molecule has 98 valence electrons. The Morgan fingerprint density at radius 2 is 2.12 bits per heavy atom. The third kappa shape index (κ3) is 3.43. The van der Waals surface area contributed by atoms with Gasteiger partial charge in [0.25, 0.3) is 0 Å². The number of ether oxygens (including phenoxy) is 1. The van der Waals surface area contributed by atoms with E-state index in [0.29, 0.717) is 6.61 Å². The molecule has 0 radical (unpaired) electrons. The maximum Gasteiger partial charge on any atom is 0.308 e. The lowest BCUT2D eigenvalue weighted by atomic mass is 9.66. The average molecular weight is 243 g/mol. The summed E-state index contributed by atoms with van der Waals surface area (Å²) in [6.45, 7) is 2.36. The van der Waals surface area contributed by atoms with Gasteiger partial charge in [-0.1, -0.05) is 13.3 Å². The van der Waals surface area contributed by atoms with Crippen molar-refractivity contribution in [3.05, 3.63) is 0 Å². The van der Waals surface area contributed by atoms with Gasteiger partial charge in [-0.05, 0) is 19.3 Å². The molecule has 1 fully saturated rings. The van der Waals surface area contributed by atoms with Crippen LogP contribution in [0.3, 0.4) is 0 Å². The van der Waals surface area contributed by atoms with Crippen molar-refractivity contribution in [2.24, 2.45) is 11.3 Å². The summed E-state index contributed by atoms with van der Waals surface area (Å²) in [7, 11) is 1.62. The molecular formula is C12H21NO4. The Labute approximate surface area is 102 Å². The number of rotatable bonds is 7. The molecule has 2 N–H and O–H groups in total. The van der Waals surface area contributed by atoms with E-state index in [2.05, 4.69) is 5.32 Å². The minimum atomic E-state index is -0.884. The summed E-state index contributed by atoms with van der Waals surface area (Å²) >= 11 is 0. The Bertz CT molecular complexity index is 286. The number of amides is 1. The first-order valence-corrected chi connectivity index (χ1v) is 6.02. The van der Waals surface area contributed by atoms with Crippen LogP contribution in [-0.2, 0) is 14.3 Å². The fraction of sp³-hybridized carbons (Fsp3) is 0.833. The molecule has 17 heavy (non-hydrogen) atoms. The maximum absolute atomic E-state index is 12.0. The standard InChI is InChI=1S/C12H21NO4/c1-9(10(14)15)8-13-11(16)12(4-3-5-12)6-7-17-2/h9H,3-8H2,1-2H3,(H,13,16)(H,14,15). The zero-order valence-corrected chi connectivity index (χ0v) is 10.5. The minimum Gasteiger partial charge on any atom is -0.481 e. The van der Waals surface area contributed by atoms with Gasteiger partial charge in [0.1, 0.15) is 0 Å². The summed E-state index contributed by atoms with van der Waals surface area (Å²) < 4.78 is 5.01. The zero-order valence-electron chi connectivity index (χ0n) is 10.5. The van der Waals surface area contributed by atoms with E-state index >= 15 is 0 Å². The van der Waals surface area contributed by atoms with E-state index in [9.17, 15) is 9.59 Å². The Kier molecular flexibility index (Phi) is 4.93. The molecule has 1 unspecified atom stereocenters. The van der Waals surface area contributed by atoms with Crippen molar-refractivity contribution in [1.82, 2.24) is 5.32 Å². The van der Waals surface area contributed by atoms with Crippen LogP contribution in [0.2, 0.25) is 0 Å². The van der Waals surface area contributed by atoms with Crippen molar-refractivity contribution in [3.63, 3.8) is 0 Å². The van der Waals surface area contributed by atoms with Crippen LogP contribution in [0.15, 0.2) is 0 Å². The number of aliphatic carboxylic acids is 1. The lowest BCUT2D eigenvalue weighted by molar-refractivity contribution is -0.142. The minimum absolute atomic E-state index is 0.0195. The van der Waals surface area contributed by atoms with Crippen LogP contribution < -0.4 is 5.32 Å². The summed E-state index contributed by atoms with van der Waals surface area (Å²) in [5.74, 6) is -1.45. The van der Waals surface area contributed by atoms with Crippen LogP contribution in [0.5, 0.6) is 0 Å². The Hall–Kier alpha value is -1.10. The summed E-state index contributed by atoms with van der Waals surface area (Å²) in [5, 5.41) is 11.5. The molecule has 0 aliphatic heterocycles. The van der Waals surface area contributed by atoms with Crippen LogP contribution in [-0.4, -0.2) is 37.2 Å². The van der Waals surface area contributed by atoms with E-state index in [4.69, 9.17) is 9.84 Å². The molecule has 0 aromatic rings. The third-order valence-electron chi connectivity index (χ3n) is 3.57. The van der Waals surface area contributed by atoms with E-state index in [-0.39, 0.29) is 17.9 Å². The van der Waals surface area contributed by atoms with Crippen LogP contribution in [0, 0.1) is 11.3 Å². The van der Waals surface area contributed by atoms with Crippen LogP contribution in [0.25, 0.3) is 0 Å². The largest absolute Gasteiger partial charge is 0.481 e. The molecule has 0 aromatic carbocycles. The molecule has 0 aromatic heterocycles. The highest BCUT2D eigenvalue weighted by atomic mass is 16.5. The van der Waals surface area contributed by atoms with E-state index in [0.717, 1.165) is 25.7 Å². The fourth-order valence-corrected chi connectivity index (χ4v) is 2.01. The summed E-state index contributed by atoms with van der Waals surface area (Å²) in [5.41, 5.74) is -0.311. The smallest absolute Gasteiger partial charge is 0.308 e. The molecule has 1 aliphatic rings. The highest BCUT2D eigenvalue weighted by molar-refractivity contribution is 5.84. The highest BCUT2D eigenvalue weighted by Gasteiger charge is 2.43. The number of carboxylic acids is 1. The lowest BCUT2D eigenvalue weighted by Gasteiger charge is -2.40. The quantitative estimate of drug-likeness (QED) is 0.700. The number of carboxylic acid groups (broad SMARTS) is 1. The number of hydrogen-bond acceptors (Lipinski definition) is 3. The summed E-state index contributed by atoms with van der Waals surface area (Å²) in [6.07, 6.45) is 3.54. The highest BCUT2D eigenvalue weighted by Crippen LogP contribution is 2.44. The first-order valence-electron chi connectivity index (χ1n) is 6.02. The monoisotopic (exact) mass is 243 g/mol. The lowest BCUT2D eigenvalue weighted by Crippen LogP contribution is -2.47. The van der Waals surface area contributed by atoms with E-state index in [1.165, 1.54) is 0 Å². The van der Waals surface area contributed by atoms with Crippen molar-refractivity contribution < 1.29 is 19.4 Å². The number of hydrogen-bond donors (Lipinski definition) is 2. The van der Waals surface area contributed by atoms with Gasteiger partial charge in [0.15, 0.2) is 0 Å². The van der Waals surface area contributed by atoms with Gasteiger partial charge >= 0.3 is 5.97 Å². The van der Waals surface area contributed by atoms with E-state index < -0.39 is 11.9 Å². The molecule has 1 rings (SSSR count). The first kappa shape index (κ1) is 14.0. The van der Waals surface area contributed by atoms with Crippen molar-refractivity contribution in [2.75, 3.05) is 20.3 Å². The molecule has 1 saturated carbocycles. The Balaban J connectivity index is 2.41. The molecule has 0 bridgehead atoms. The summed E-state index contributed by atoms with van der Waals surface area (Å²) in [4.78, 5) is 22.7. The molecule has 1 aliphatic carbocycles. The van der Waals surface area contributed by atoms with Crippen molar-refractivity contribution in [3.8, 4) is 0 Å². The molecule has 1 atom stereocenters. The first-order chi connectivity index (χ1) is 8.02. The number of carbonyl (C=O) groups is 2. The van der Waals surface area contributed by atoms with Gasteiger partial charge in [0.05, 0.1) is 11.3 Å². The van der Waals surface area contributed by atoms with Crippen LogP contribution >= 0.6 is 0 Å². The molecular weight excluding hydrogens is 222 g/mol. The second-order valence-corrected chi connectivity index (χ2v) is 4.83. The predicted octanol–water partition coefficient (Wildman–Crippen LogP) is 1.03. The van der Waals surface area contributed by atoms with Gasteiger partial charge in [-0.15, -0.1) is 0 Å². The third-order valence-corrected chi connectivity index (χ3v) is 3.57. The van der Waals surface area contributed by atoms with Crippen LogP contribution in [0.4, 0.5) is 0 Å². The average Bonchev–Trinajstić information content (AvgIpc) is 2.24. The molecule has 0 heterocycles. The number of methoxy groups -OCH3 is 1. The van der Waals surface area contributed by atoms with Gasteiger partial charge in [-0.3, -0.25) is 9.59 Å². The molecule has 1 amide bonds. The van der Waals surface area contributed by atoms with E-state index in [1.807, 2.05) is 0 Å². The van der Waals surface area contributed by atoms with Gasteiger partial charge in [-0.2, -0.15) is 0 Å². The fourth-order valence-electron chi connectivity index (χ4n) is 2.01. The SMILES string of the molecule is COCCC1(C(=O)NCC(C)C(=O)O)CCC1. The topological polar surface area (TPSA) is 75.6 Å². The van der Waals surface area contributed by atoms with Crippen LogP contribution in [0.1, 0.15) is 32.6 Å². The second-order valence-electron chi connectivity index (χ2n) is 4.83. The number of nitrogens with one attached hydrogen (secondary N) is 1. The van der Waals surface area contributed by atoms with E-state index in [1.54, 1.807) is 14.0 Å². The summed E-state index contributed by atoms with van der Waals surface area (Å²) in [6, 6.07) is 0. The van der Waals surface area contributed by atoms with Gasteiger partial charge in [0.2, 0.25) is 5.91 Å². The molecule has 0 saturated heterocycles. The Morgan fingerprint density at radius 1 is 1.47 bits per heavy atom. The molecule has 0 spiro atoms. The van der Waals surface area contributed by atoms with Crippen molar-refractivity contribution in [1.29, 1.82) is 0 Å². The van der Waals surface area contributed by atoms with Crippen molar-refractivity contribution >= 4 is 11.9 Å². The molecule has 5 heteroatoms. The molecule has 5 nitrogen and oxygen atoms in total. The van der Waals surface area contributed by atoms with Crippen molar-refractivity contribution in [2.45, 2.75) is 32.6 Å². The normalized spacial score (nSPS) is 19.2. The van der Waals surface area contributed by atoms with Gasteiger partial charge in [-0.25, -0.2) is 0 Å². The maximum atomic E-state index is 12.0. The number of carbonyl (C=O) groups excluding carboxylic acids is 1. The van der Waals surface area contributed by atoms with Gasteiger partial charge < -0.3 is 15.2 Å². The zero-order chi connectivity index (χ0) is 12.9. The predicted molar refractivity (Wildman–Crippen MR) is 62.6 cm³/mol. The van der Waals surface area contributed by atoms with Gasteiger partial charge in [0, 0.05) is 20.3 Å². The second kappa shape index (κ2) is 6.00.